The number of amides is 1. The summed E-state index contributed by atoms with van der Waals surface area (Å²) in [6.45, 7) is 6.29. The van der Waals surface area contributed by atoms with Crippen LogP contribution in [0, 0.1) is 0 Å². The van der Waals surface area contributed by atoms with Crippen molar-refractivity contribution < 1.29 is 24.2 Å². The van der Waals surface area contributed by atoms with Crippen LogP contribution in [-0.4, -0.2) is 40.9 Å². The van der Waals surface area contributed by atoms with Crippen LogP contribution in [0.15, 0.2) is 72.6 Å². The lowest BCUT2D eigenvalue weighted by molar-refractivity contribution is -0.140. The quantitative estimate of drug-likeness (QED) is 0.299. The Kier molecular flexibility index (Phi) is 6.84. The fraction of sp³-hybridized carbons (Fsp3) is 0.276. The summed E-state index contributed by atoms with van der Waals surface area (Å²) in [6.07, 6.45) is 3.19. The minimum Gasteiger partial charge on any atom is -0.507 e. The highest BCUT2D eigenvalue weighted by Crippen LogP contribution is 2.42. The van der Waals surface area contributed by atoms with E-state index in [1.807, 2.05) is 30.3 Å². The van der Waals surface area contributed by atoms with Crippen molar-refractivity contribution in [2.24, 2.45) is 0 Å². The molecule has 1 amide bonds. The van der Waals surface area contributed by atoms with Crippen LogP contribution >= 0.6 is 0 Å². The first-order valence-corrected chi connectivity index (χ1v) is 11.7. The lowest BCUT2D eigenvalue weighted by Gasteiger charge is -2.26. The number of nitrogens with zero attached hydrogens (tertiary/aromatic N) is 2. The van der Waals surface area contributed by atoms with Gasteiger partial charge in [-0.25, -0.2) is 0 Å². The molecule has 1 aliphatic heterocycles. The molecule has 0 aliphatic carbocycles. The van der Waals surface area contributed by atoms with Gasteiger partial charge >= 0.3 is 0 Å². The van der Waals surface area contributed by atoms with Crippen molar-refractivity contribution in [2.45, 2.75) is 38.8 Å². The molecule has 1 fully saturated rings. The number of rotatable bonds is 6. The van der Waals surface area contributed by atoms with Gasteiger partial charge < -0.3 is 19.5 Å². The first-order chi connectivity index (χ1) is 17.2. The van der Waals surface area contributed by atoms with E-state index in [4.69, 9.17) is 9.47 Å². The van der Waals surface area contributed by atoms with Crippen molar-refractivity contribution in [1.29, 1.82) is 0 Å². The molecule has 1 aromatic heterocycles. The standard InChI is InChI=1S/C29H30N2O5/c1-29(2,3)20-10-11-23(36-5)21(16-20)26(32)24-25(18-12-14-30-15-13-18)31(28(34)27(24)33)17-19-8-6-7-9-22(19)35-4/h6-16,25,32H,17H2,1-5H3/b26-24+. The molecule has 0 radical (unpaired) electrons. The lowest BCUT2D eigenvalue weighted by Crippen LogP contribution is -2.29. The maximum Gasteiger partial charge on any atom is 0.295 e. The summed E-state index contributed by atoms with van der Waals surface area (Å²) < 4.78 is 11.0. The molecule has 1 unspecified atom stereocenters. The van der Waals surface area contributed by atoms with Crippen molar-refractivity contribution in [3.8, 4) is 11.5 Å². The molecule has 2 aromatic carbocycles. The van der Waals surface area contributed by atoms with Crippen LogP contribution in [-0.2, 0) is 21.5 Å². The number of aliphatic hydroxyl groups is 1. The van der Waals surface area contributed by atoms with E-state index in [0.717, 1.165) is 11.1 Å². The van der Waals surface area contributed by atoms with Crippen molar-refractivity contribution in [1.82, 2.24) is 9.88 Å². The number of methoxy groups -OCH3 is 2. The molecule has 186 valence electrons. The largest absolute Gasteiger partial charge is 0.507 e. The summed E-state index contributed by atoms with van der Waals surface area (Å²) >= 11 is 0. The number of ether oxygens (including phenoxy) is 2. The third kappa shape index (κ3) is 4.56. The molecule has 0 spiro atoms. The maximum atomic E-state index is 13.4. The predicted octanol–water partition coefficient (Wildman–Crippen LogP) is 5.02. The molecule has 1 atom stereocenters. The van der Waals surface area contributed by atoms with E-state index < -0.39 is 17.7 Å². The average Bonchev–Trinajstić information content (AvgIpc) is 3.13. The second-order valence-corrected chi connectivity index (χ2v) is 9.68. The van der Waals surface area contributed by atoms with Crippen LogP contribution in [0.3, 0.4) is 0 Å². The number of carbonyl (C=O) groups is 2. The Hall–Kier alpha value is -4.13. The highest BCUT2D eigenvalue weighted by atomic mass is 16.5. The van der Waals surface area contributed by atoms with Crippen LogP contribution in [0.4, 0.5) is 0 Å². The molecule has 1 aliphatic rings. The lowest BCUT2D eigenvalue weighted by atomic mass is 9.85. The number of pyridine rings is 1. The number of aliphatic hydroxyl groups excluding tert-OH is 1. The summed E-state index contributed by atoms with van der Waals surface area (Å²) in [5, 5.41) is 11.6. The second-order valence-electron chi connectivity index (χ2n) is 9.68. The Morgan fingerprint density at radius 1 is 0.972 bits per heavy atom. The first-order valence-electron chi connectivity index (χ1n) is 11.7. The van der Waals surface area contributed by atoms with Gasteiger partial charge in [-0.15, -0.1) is 0 Å². The average molecular weight is 487 g/mol. The smallest absolute Gasteiger partial charge is 0.295 e. The molecule has 36 heavy (non-hydrogen) atoms. The van der Waals surface area contributed by atoms with Gasteiger partial charge in [0.2, 0.25) is 0 Å². The Bertz CT molecular complexity index is 1320. The number of hydrogen-bond donors (Lipinski definition) is 1. The van der Waals surface area contributed by atoms with Crippen molar-refractivity contribution in [2.75, 3.05) is 14.2 Å². The van der Waals surface area contributed by atoms with E-state index in [1.165, 1.54) is 12.0 Å². The maximum absolute atomic E-state index is 13.4. The molecule has 2 heterocycles. The SMILES string of the molecule is COc1ccccc1CN1C(=O)C(=O)/C(=C(/O)c2cc(C(C)(C)C)ccc2OC)C1c1ccncc1. The van der Waals surface area contributed by atoms with Gasteiger partial charge in [0.05, 0.1) is 37.9 Å². The van der Waals surface area contributed by atoms with Crippen LogP contribution < -0.4 is 9.47 Å². The van der Waals surface area contributed by atoms with Gasteiger partial charge in [0.15, 0.2) is 0 Å². The van der Waals surface area contributed by atoms with Crippen molar-refractivity contribution in [3.05, 3.63) is 94.8 Å². The molecule has 7 heteroatoms. The summed E-state index contributed by atoms with van der Waals surface area (Å²) in [7, 11) is 3.06. The highest BCUT2D eigenvalue weighted by Gasteiger charge is 2.46. The van der Waals surface area contributed by atoms with E-state index in [2.05, 4.69) is 25.8 Å². The van der Waals surface area contributed by atoms with Crippen molar-refractivity contribution >= 4 is 17.4 Å². The van der Waals surface area contributed by atoms with Gasteiger partial charge in [-0.2, -0.15) is 0 Å². The van der Waals surface area contributed by atoms with Crippen LogP contribution in [0.1, 0.15) is 49.1 Å². The van der Waals surface area contributed by atoms with Crippen LogP contribution in [0.25, 0.3) is 5.76 Å². The third-order valence-electron chi connectivity index (χ3n) is 6.42. The number of carbonyl (C=O) groups excluding carboxylic acids is 2. The van der Waals surface area contributed by atoms with Gasteiger partial charge in [0.25, 0.3) is 11.7 Å². The zero-order chi connectivity index (χ0) is 26.0. The summed E-state index contributed by atoms with van der Waals surface area (Å²) in [5.74, 6) is -0.722. The van der Waals surface area contributed by atoms with E-state index in [1.54, 1.807) is 43.8 Å². The molecule has 3 aromatic rings. The third-order valence-corrected chi connectivity index (χ3v) is 6.42. The monoisotopic (exact) mass is 486 g/mol. The number of hydrogen-bond acceptors (Lipinski definition) is 6. The molecule has 1 N–H and O–H groups in total. The van der Waals surface area contributed by atoms with E-state index >= 15 is 0 Å². The Morgan fingerprint density at radius 2 is 1.64 bits per heavy atom. The second kappa shape index (κ2) is 9.85. The summed E-state index contributed by atoms with van der Waals surface area (Å²) in [4.78, 5) is 32.3. The van der Waals surface area contributed by atoms with Crippen LogP contribution in [0.5, 0.6) is 11.5 Å². The summed E-state index contributed by atoms with van der Waals surface area (Å²) in [6, 6.07) is 15.5. The molecule has 7 nitrogen and oxygen atoms in total. The predicted molar refractivity (Wildman–Crippen MR) is 137 cm³/mol. The zero-order valence-corrected chi connectivity index (χ0v) is 21.1. The number of benzene rings is 2. The molecule has 0 bridgehead atoms. The summed E-state index contributed by atoms with van der Waals surface area (Å²) in [5.41, 5.74) is 2.51. The Labute approximate surface area is 211 Å². The Balaban J connectivity index is 1.92. The highest BCUT2D eigenvalue weighted by molar-refractivity contribution is 6.46. The van der Waals surface area contributed by atoms with E-state index in [0.29, 0.717) is 22.6 Å². The number of Topliss-reactive ketones (excluding diaryl/α,β-unsaturated/α-hetero) is 1. The minimum atomic E-state index is -0.819. The van der Waals surface area contributed by atoms with Gasteiger partial charge in [-0.1, -0.05) is 45.0 Å². The number of aromatic nitrogens is 1. The molecule has 1 saturated heterocycles. The minimum absolute atomic E-state index is 0.00505. The van der Waals surface area contributed by atoms with Gasteiger partial charge in [0, 0.05) is 18.0 Å². The van der Waals surface area contributed by atoms with Gasteiger partial charge in [-0.3, -0.25) is 14.6 Å². The fourth-order valence-corrected chi connectivity index (χ4v) is 4.46. The topological polar surface area (TPSA) is 89.0 Å². The van der Waals surface area contributed by atoms with E-state index in [9.17, 15) is 14.7 Å². The normalized spacial score (nSPS) is 17.4. The Morgan fingerprint density at radius 3 is 2.28 bits per heavy atom. The molecule has 0 saturated carbocycles. The van der Waals surface area contributed by atoms with E-state index in [-0.39, 0.29) is 23.3 Å². The van der Waals surface area contributed by atoms with Gasteiger partial charge in [0.1, 0.15) is 17.3 Å². The van der Waals surface area contributed by atoms with Gasteiger partial charge in [-0.05, 0) is 46.9 Å². The molecule has 4 rings (SSSR count). The number of para-hydroxylation sites is 1. The molecular weight excluding hydrogens is 456 g/mol. The van der Waals surface area contributed by atoms with Crippen LogP contribution in [0.2, 0.25) is 0 Å². The molecular formula is C29H30N2O5. The number of ketones is 1. The zero-order valence-electron chi connectivity index (χ0n) is 21.1. The van der Waals surface area contributed by atoms with Crippen molar-refractivity contribution in [3.63, 3.8) is 0 Å². The fourth-order valence-electron chi connectivity index (χ4n) is 4.46. The number of likely N-dealkylation sites (tertiary alicyclic amines) is 1. The first kappa shape index (κ1) is 25.0.